The number of carbonyl (C=O) groups excluding carboxylic acids is 3. The second-order valence-electron chi connectivity index (χ2n) is 6.46. The topological polar surface area (TPSA) is 72.9 Å². The first-order chi connectivity index (χ1) is 13.7. The number of thiocarbonyl (C=S) groups is 1. The molecular formula is C20H19NO5S3. The molecule has 6 nitrogen and oxygen atoms in total. The largest absolute Gasteiger partial charge is 0.465 e. The molecule has 2 aliphatic rings. The molecule has 0 radical (unpaired) electrons. The van der Waals surface area contributed by atoms with E-state index in [2.05, 4.69) is 0 Å². The van der Waals surface area contributed by atoms with E-state index >= 15 is 0 Å². The Balaban J connectivity index is 2.20. The van der Waals surface area contributed by atoms with E-state index in [1.54, 1.807) is 4.90 Å². The van der Waals surface area contributed by atoms with Gasteiger partial charge < -0.3 is 14.4 Å². The quantitative estimate of drug-likeness (QED) is 0.383. The number of hydrogen-bond acceptors (Lipinski definition) is 8. The predicted molar refractivity (Wildman–Crippen MR) is 120 cm³/mol. The number of hydrogen-bond donors (Lipinski definition) is 0. The lowest BCUT2D eigenvalue weighted by Crippen LogP contribution is -2.45. The van der Waals surface area contributed by atoms with Crippen LogP contribution in [0.1, 0.15) is 25.0 Å². The molecule has 0 unspecified atom stereocenters. The highest BCUT2D eigenvalue weighted by atomic mass is 32.2. The SMILES string of the molecule is COC(=O)C1=C(C(=O)OC)SC(=C2C(=S)[C@@H](C)N(C(C)=O)c3cc(C)ccc32)S1. The molecular weight excluding hydrogens is 430 g/mol. The molecule has 1 aromatic carbocycles. The van der Waals surface area contributed by atoms with Crippen molar-refractivity contribution < 1.29 is 23.9 Å². The lowest BCUT2D eigenvalue weighted by Gasteiger charge is -2.37. The Morgan fingerprint density at radius 2 is 1.62 bits per heavy atom. The Morgan fingerprint density at radius 1 is 1.07 bits per heavy atom. The van der Waals surface area contributed by atoms with Gasteiger partial charge in [-0.15, -0.1) is 0 Å². The van der Waals surface area contributed by atoms with E-state index in [0.717, 1.165) is 45.9 Å². The van der Waals surface area contributed by atoms with E-state index in [-0.39, 0.29) is 21.8 Å². The van der Waals surface area contributed by atoms with Crippen LogP contribution in [0.25, 0.3) is 5.57 Å². The molecule has 2 heterocycles. The summed E-state index contributed by atoms with van der Waals surface area (Å²) in [6.45, 7) is 5.33. The van der Waals surface area contributed by atoms with E-state index in [0.29, 0.717) is 9.10 Å². The van der Waals surface area contributed by atoms with E-state index < -0.39 is 11.9 Å². The van der Waals surface area contributed by atoms with Crippen molar-refractivity contribution in [1.82, 2.24) is 0 Å². The third-order valence-electron chi connectivity index (χ3n) is 4.58. The van der Waals surface area contributed by atoms with Gasteiger partial charge in [-0.1, -0.05) is 47.9 Å². The van der Waals surface area contributed by atoms with Crippen LogP contribution in [0.2, 0.25) is 0 Å². The molecule has 1 atom stereocenters. The number of rotatable bonds is 2. The Kier molecular flexibility index (Phi) is 6.21. The fourth-order valence-electron chi connectivity index (χ4n) is 3.23. The smallest absolute Gasteiger partial charge is 0.346 e. The fraction of sp³-hybridized carbons (Fsp3) is 0.300. The number of esters is 2. The molecule has 0 saturated heterocycles. The number of carbonyl (C=O) groups is 3. The van der Waals surface area contributed by atoms with Crippen LogP contribution in [0.4, 0.5) is 5.69 Å². The summed E-state index contributed by atoms with van der Waals surface area (Å²) < 4.78 is 10.3. The monoisotopic (exact) mass is 449 g/mol. The summed E-state index contributed by atoms with van der Waals surface area (Å²) >= 11 is 8.01. The van der Waals surface area contributed by atoms with Crippen molar-refractivity contribution in [1.29, 1.82) is 0 Å². The summed E-state index contributed by atoms with van der Waals surface area (Å²) in [5, 5.41) is 0. The molecule has 0 spiro atoms. The van der Waals surface area contributed by atoms with Gasteiger partial charge in [0.2, 0.25) is 5.91 Å². The molecule has 0 N–H and O–H groups in total. The molecule has 2 aliphatic heterocycles. The van der Waals surface area contributed by atoms with Gasteiger partial charge >= 0.3 is 11.9 Å². The minimum atomic E-state index is -0.609. The highest BCUT2D eigenvalue weighted by Crippen LogP contribution is 2.55. The third kappa shape index (κ3) is 3.74. The Morgan fingerprint density at radius 3 is 2.10 bits per heavy atom. The summed E-state index contributed by atoms with van der Waals surface area (Å²) in [6, 6.07) is 5.45. The molecule has 0 fully saturated rings. The number of anilines is 1. The second-order valence-corrected chi connectivity index (χ2v) is 9.20. The number of nitrogens with zero attached hydrogens (tertiary/aromatic N) is 1. The van der Waals surface area contributed by atoms with Gasteiger partial charge in [-0.25, -0.2) is 9.59 Å². The molecule has 3 rings (SSSR count). The van der Waals surface area contributed by atoms with Crippen molar-refractivity contribution in [2.45, 2.75) is 26.8 Å². The molecule has 152 valence electrons. The molecule has 29 heavy (non-hydrogen) atoms. The first-order valence-corrected chi connectivity index (χ1v) is 10.7. The highest BCUT2D eigenvalue weighted by Gasteiger charge is 2.39. The van der Waals surface area contributed by atoms with Crippen molar-refractivity contribution in [3.05, 3.63) is 43.4 Å². The van der Waals surface area contributed by atoms with Crippen LogP contribution in [0, 0.1) is 6.92 Å². The van der Waals surface area contributed by atoms with Crippen molar-refractivity contribution >= 4 is 69.7 Å². The van der Waals surface area contributed by atoms with E-state index in [1.807, 2.05) is 32.0 Å². The van der Waals surface area contributed by atoms with E-state index in [4.69, 9.17) is 21.7 Å². The van der Waals surface area contributed by atoms with Gasteiger partial charge in [0.05, 0.1) is 30.2 Å². The van der Waals surface area contributed by atoms with Gasteiger partial charge in [0.15, 0.2) is 0 Å². The zero-order chi connectivity index (χ0) is 21.5. The summed E-state index contributed by atoms with van der Waals surface area (Å²) in [6.07, 6.45) is 0. The minimum Gasteiger partial charge on any atom is -0.465 e. The fourth-order valence-corrected chi connectivity index (χ4v) is 6.29. The number of aryl methyl sites for hydroxylation is 1. The predicted octanol–water partition coefficient (Wildman–Crippen LogP) is 3.83. The molecule has 9 heteroatoms. The maximum atomic E-state index is 12.3. The molecule has 0 bridgehead atoms. The summed E-state index contributed by atoms with van der Waals surface area (Å²) in [5.41, 5.74) is 3.30. The Hall–Kier alpha value is -2.10. The van der Waals surface area contributed by atoms with Crippen LogP contribution in [0.3, 0.4) is 0 Å². The zero-order valence-corrected chi connectivity index (χ0v) is 19.0. The first kappa shape index (κ1) is 21.6. The lowest BCUT2D eigenvalue weighted by molar-refractivity contribution is -0.138. The van der Waals surface area contributed by atoms with Gasteiger partial charge in [-0.3, -0.25) is 4.79 Å². The molecule has 1 aromatic rings. The zero-order valence-electron chi connectivity index (χ0n) is 16.5. The lowest BCUT2D eigenvalue weighted by atomic mass is 9.91. The molecule has 0 saturated carbocycles. The average Bonchev–Trinajstić information content (AvgIpc) is 3.12. The van der Waals surface area contributed by atoms with Crippen LogP contribution >= 0.6 is 35.7 Å². The van der Waals surface area contributed by atoms with Gasteiger partial charge in [-0.2, -0.15) is 0 Å². The summed E-state index contributed by atoms with van der Waals surface area (Å²) in [5.74, 6) is -1.32. The van der Waals surface area contributed by atoms with E-state index in [9.17, 15) is 14.4 Å². The van der Waals surface area contributed by atoms with Crippen molar-refractivity contribution in [3.8, 4) is 0 Å². The van der Waals surface area contributed by atoms with E-state index in [1.165, 1.54) is 21.1 Å². The van der Waals surface area contributed by atoms with Crippen molar-refractivity contribution in [3.63, 3.8) is 0 Å². The number of thioether (sulfide) groups is 2. The van der Waals surface area contributed by atoms with Crippen molar-refractivity contribution in [2.75, 3.05) is 19.1 Å². The van der Waals surface area contributed by atoms with Crippen molar-refractivity contribution in [2.24, 2.45) is 0 Å². The van der Waals surface area contributed by atoms with Gasteiger partial charge in [0.25, 0.3) is 0 Å². The van der Waals surface area contributed by atoms with Crippen LogP contribution in [-0.4, -0.2) is 43.0 Å². The number of amides is 1. The number of fused-ring (bicyclic) bond motifs is 1. The number of methoxy groups -OCH3 is 2. The van der Waals surface area contributed by atoms with Crippen LogP contribution in [0.15, 0.2) is 32.2 Å². The van der Waals surface area contributed by atoms with Gasteiger partial charge in [0, 0.05) is 22.9 Å². The molecule has 0 aromatic heterocycles. The second kappa shape index (κ2) is 8.33. The Bertz CT molecular complexity index is 981. The maximum Gasteiger partial charge on any atom is 0.346 e. The van der Waals surface area contributed by atoms with Crippen LogP contribution in [-0.2, 0) is 23.9 Å². The van der Waals surface area contributed by atoms with Gasteiger partial charge in [0.1, 0.15) is 9.81 Å². The maximum absolute atomic E-state index is 12.3. The highest BCUT2D eigenvalue weighted by molar-refractivity contribution is 8.29. The third-order valence-corrected chi connectivity index (χ3v) is 7.68. The summed E-state index contributed by atoms with van der Waals surface area (Å²) in [7, 11) is 2.52. The van der Waals surface area contributed by atoms with Crippen LogP contribution in [0.5, 0.6) is 0 Å². The van der Waals surface area contributed by atoms with Crippen LogP contribution < -0.4 is 4.90 Å². The number of benzene rings is 1. The molecule has 1 amide bonds. The normalized spacial score (nSPS) is 18.7. The number of ether oxygens (including phenoxy) is 2. The summed E-state index contributed by atoms with van der Waals surface area (Å²) in [4.78, 5) is 39.4. The first-order valence-electron chi connectivity index (χ1n) is 8.67. The minimum absolute atomic E-state index is 0.105. The average molecular weight is 450 g/mol. The van der Waals surface area contributed by atoms with Gasteiger partial charge in [-0.05, 0) is 25.5 Å². The molecule has 0 aliphatic carbocycles. The standard InChI is InChI=1S/C20H19NO5S3/c1-9-6-7-12-13(8-9)21(11(3)22)10(2)15(27)14(12)20-28-16(18(23)25-4)17(29-20)19(24)26-5/h6-8,10H,1-5H3/t10-/m1/s1. The Labute approximate surface area is 182 Å².